The SMILES string of the molecule is CN(C(=O)O)c1ccsc1C(=O)O. The molecule has 0 bridgehead atoms. The largest absolute Gasteiger partial charge is 0.477 e. The summed E-state index contributed by atoms with van der Waals surface area (Å²) < 4.78 is 0. The van der Waals surface area contributed by atoms with Crippen molar-refractivity contribution in [1.82, 2.24) is 0 Å². The average Bonchev–Trinajstić information content (AvgIpc) is 2.50. The van der Waals surface area contributed by atoms with Gasteiger partial charge in [-0.3, -0.25) is 4.90 Å². The van der Waals surface area contributed by atoms with Crippen LogP contribution in [0.5, 0.6) is 0 Å². The highest BCUT2D eigenvalue weighted by Gasteiger charge is 2.18. The van der Waals surface area contributed by atoms with Crippen molar-refractivity contribution in [3.63, 3.8) is 0 Å². The van der Waals surface area contributed by atoms with E-state index in [1.165, 1.54) is 18.5 Å². The van der Waals surface area contributed by atoms with Gasteiger partial charge in [-0.25, -0.2) is 9.59 Å². The lowest BCUT2D eigenvalue weighted by atomic mass is 10.3. The van der Waals surface area contributed by atoms with E-state index >= 15 is 0 Å². The molecule has 1 aromatic heterocycles. The summed E-state index contributed by atoms with van der Waals surface area (Å²) in [6.45, 7) is 0. The number of anilines is 1. The lowest BCUT2D eigenvalue weighted by Gasteiger charge is -2.11. The van der Waals surface area contributed by atoms with Crippen LogP contribution in [0.2, 0.25) is 0 Å². The van der Waals surface area contributed by atoms with Crippen LogP contribution in [-0.4, -0.2) is 29.3 Å². The highest BCUT2D eigenvalue weighted by atomic mass is 32.1. The number of nitrogens with zero attached hydrogens (tertiary/aromatic N) is 1. The van der Waals surface area contributed by atoms with Crippen LogP contribution in [0.25, 0.3) is 0 Å². The molecule has 1 aromatic rings. The van der Waals surface area contributed by atoms with Gasteiger partial charge in [0, 0.05) is 7.05 Å². The Labute approximate surface area is 77.8 Å². The van der Waals surface area contributed by atoms with Crippen LogP contribution in [-0.2, 0) is 0 Å². The Hall–Kier alpha value is -1.56. The van der Waals surface area contributed by atoms with Gasteiger partial charge in [-0.1, -0.05) is 0 Å². The summed E-state index contributed by atoms with van der Waals surface area (Å²) in [6.07, 6.45) is -1.18. The number of carboxylic acids is 1. The quantitative estimate of drug-likeness (QED) is 0.761. The molecule has 0 radical (unpaired) electrons. The van der Waals surface area contributed by atoms with E-state index in [9.17, 15) is 9.59 Å². The first kappa shape index (κ1) is 9.53. The molecule has 0 aliphatic rings. The van der Waals surface area contributed by atoms with Gasteiger partial charge in [0.15, 0.2) is 0 Å². The van der Waals surface area contributed by atoms with Crippen molar-refractivity contribution in [1.29, 1.82) is 0 Å². The summed E-state index contributed by atoms with van der Waals surface area (Å²) in [5, 5.41) is 18.8. The van der Waals surface area contributed by atoms with E-state index in [2.05, 4.69) is 0 Å². The maximum Gasteiger partial charge on any atom is 0.411 e. The molecule has 5 nitrogen and oxygen atoms in total. The van der Waals surface area contributed by atoms with Gasteiger partial charge in [-0.2, -0.15) is 0 Å². The molecule has 1 heterocycles. The van der Waals surface area contributed by atoms with Gasteiger partial charge in [0.05, 0.1) is 5.69 Å². The third-order valence-electron chi connectivity index (χ3n) is 1.49. The van der Waals surface area contributed by atoms with Crippen molar-refractivity contribution in [2.24, 2.45) is 0 Å². The molecule has 0 spiro atoms. The highest BCUT2D eigenvalue weighted by molar-refractivity contribution is 7.12. The van der Waals surface area contributed by atoms with Gasteiger partial charge in [0.2, 0.25) is 0 Å². The minimum atomic E-state index is -1.18. The van der Waals surface area contributed by atoms with E-state index < -0.39 is 12.1 Å². The molecule has 0 aromatic carbocycles. The normalized spacial score (nSPS) is 9.62. The van der Waals surface area contributed by atoms with E-state index in [1.807, 2.05) is 0 Å². The van der Waals surface area contributed by atoms with Crippen LogP contribution in [0.4, 0.5) is 10.5 Å². The van der Waals surface area contributed by atoms with Crippen LogP contribution >= 0.6 is 11.3 Å². The lowest BCUT2D eigenvalue weighted by Crippen LogP contribution is -2.24. The summed E-state index contributed by atoms with van der Waals surface area (Å²) in [7, 11) is 1.30. The molecular formula is C7H7NO4S. The van der Waals surface area contributed by atoms with Crippen molar-refractivity contribution >= 4 is 29.1 Å². The molecule has 1 rings (SSSR count). The Morgan fingerprint density at radius 2 is 2.08 bits per heavy atom. The molecule has 0 unspecified atom stereocenters. The van der Waals surface area contributed by atoms with Gasteiger partial charge >= 0.3 is 12.1 Å². The lowest BCUT2D eigenvalue weighted by molar-refractivity contribution is 0.0703. The fourth-order valence-electron chi connectivity index (χ4n) is 0.830. The zero-order chi connectivity index (χ0) is 10.0. The summed E-state index contributed by atoms with van der Waals surface area (Å²) in [5.41, 5.74) is 0.199. The van der Waals surface area contributed by atoms with Gasteiger partial charge in [-0.15, -0.1) is 11.3 Å². The van der Waals surface area contributed by atoms with Gasteiger partial charge < -0.3 is 10.2 Å². The van der Waals surface area contributed by atoms with E-state index in [0.29, 0.717) is 0 Å². The smallest absolute Gasteiger partial charge is 0.411 e. The third kappa shape index (κ3) is 1.78. The first-order chi connectivity index (χ1) is 6.04. The second-order valence-corrected chi connectivity index (χ2v) is 3.20. The van der Waals surface area contributed by atoms with Crippen molar-refractivity contribution in [2.45, 2.75) is 0 Å². The van der Waals surface area contributed by atoms with Crippen molar-refractivity contribution < 1.29 is 19.8 Å². The van der Waals surface area contributed by atoms with Crippen LogP contribution in [0.3, 0.4) is 0 Å². The van der Waals surface area contributed by atoms with E-state index in [1.54, 1.807) is 0 Å². The molecule has 0 aliphatic carbocycles. The predicted molar refractivity (Wildman–Crippen MR) is 47.7 cm³/mol. The number of amides is 1. The maximum absolute atomic E-state index is 10.6. The van der Waals surface area contributed by atoms with E-state index in [-0.39, 0.29) is 10.6 Å². The Balaban J connectivity index is 3.07. The molecule has 2 N–H and O–H groups in total. The van der Waals surface area contributed by atoms with Crippen LogP contribution in [0, 0.1) is 0 Å². The second kappa shape index (κ2) is 3.44. The number of rotatable bonds is 2. The summed E-state index contributed by atoms with van der Waals surface area (Å²) in [4.78, 5) is 22.0. The number of carbonyl (C=O) groups is 2. The van der Waals surface area contributed by atoms with E-state index in [0.717, 1.165) is 16.2 Å². The second-order valence-electron chi connectivity index (χ2n) is 2.28. The molecule has 0 saturated heterocycles. The molecule has 0 fully saturated rings. The molecule has 0 atom stereocenters. The van der Waals surface area contributed by atoms with Crippen molar-refractivity contribution in [2.75, 3.05) is 11.9 Å². The topological polar surface area (TPSA) is 77.8 Å². The number of thiophene rings is 1. The fourth-order valence-corrected chi connectivity index (χ4v) is 1.59. The van der Waals surface area contributed by atoms with Gasteiger partial charge in [-0.05, 0) is 11.4 Å². The number of aromatic carboxylic acids is 1. The molecule has 13 heavy (non-hydrogen) atoms. The minimum Gasteiger partial charge on any atom is -0.477 e. The Morgan fingerprint density at radius 1 is 1.46 bits per heavy atom. The highest BCUT2D eigenvalue weighted by Crippen LogP contribution is 2.25. The van der Waals surface area contributed by atoms with Gasteiger partial charge in [0.1, 0.15) is 4.88 Å². The summed E-state index contributed by atoms with van der Waals surface area (Å²) in [5.74, 6) is -1.11. The van der Waals surface area contributed by atoms with Crippen molar-refractivity contribution in [3.05, 3.63) is 16.3 Å². The minimum absolute atomic E-state index is 0.0323. The number of carboxylic acid groups (broad SMARTS) is 2. The molecule has 0 saturated carbocycles. The van der Waals surface area contributed by atoms with Crippen LogP contribution in [0.15, 0.2) is 11.4 Å². The summed E-state index contributed by atoms with van der Waals surface area (Å²) >= 11 is 0.999. The Kier molecular flexibility index (Phi) is 2.52. The number of hydrogen-bond acceptors (Lipinski definition) is 3. The van der Waals surface area contributed by atoms with Crippen LogP contribution in [0.1, 0.15) is 9.67 Å². The zero-order valence-electron chi connectivity index (χ0n) is 6.72. The fraction of sp³-hybridized carbons (Fsp3) is 0.143. The van der Waals surface area contributed by atoms with Gasteiger partial charge in [0.25, 0.3) is 0 Å². The average molecular weight is 201 g/mol. The molecule has 1 amide bonds. The third-order valence-corrected chi connectivity index (χ3v) is 2.38. The zero-order valence-corrected chi connectivity index (χ0v) is 7.54. The number of hydrogen-bond donors (Lipinski definition) is 2. The molecular weight excluding hydrogens is 194 g/mol. The monoisotopic (exact) mass is 201 g/mol. The Morgan fingerprint density at radius 3 is 2.54 bits per heavy atom. The van der Waals surface area contributed by atoms with E-state index in [4.69, 9.17) is 10.2 Å². The maximum atomic E-state index is 10.6. The summed E-state index contributed by atoms with van der Waals surface area (Å²) in [6, 6.07) is 1.46. The van der Waals surface area contributed by atoms with Crippen molar-refractivity contribution in [3.8, 4) is 0 Å². The Bertz CT molecular complexity index is 346. The molecule has 0 aliphatic heterocycles. The standard InChI is InChI=1S/C7H7NO4S/c1-8(7(11)12)4-2-3-13-5(4)6(9)10/h2-3H,1H3,(H,9,10)(H,11,12). The predicted octanol–water partition coefficient (Wildman–Crippen LogP) is 1.56. The first-order valence-corrected chi connectivity index (χ1v) is 4.19. The molecule has 70 valence electrons. The van der Waals surface area contributed by atoms with Crippen LogP contribution < -0.4 is 4.90 Å². The molecule has 6 heteroatoms. The first-order valence-electron chi connectivity index (χ1n) is 3.31.